The third kappa shape index (κ3) is 7.24. The maximum Gasteiger partial charge on any atom is 0.0619 e. The van der Waals surface area contributed by atoms with Crippen molar-refractivity contribution in [3.63, 3.8) is 0 Å². The molecule has 0 aliphatic carbocycles. The summed E-state index contributed by atoms with van der Waals surface area (Å²) in [6.07, 6.45) is 0. The van der Waals surface area contributed by atoms with Crippen LogP contribution in [-0.2, 0) is 10.8 Å². The lowest BCUT2D eigenvalue weighted by atomic mass is 9.77. The van der Waals surface area contributed by atoms with Crippen LogP contribution in [0.2, 0.25) is 0 Å². The van der Waals surface area contributed by atoms with Gasteiger partial charge in [0.1, 0.15) is 0 Å². The summed E-state index contributed by atoms with van der Waals surface area (Å²) < 4.78 is 2.40. The van der Waals surface area contributed by atoms with Crippen LogP contribution in [-0.4, -0.2) is 4.57 Å². The Balaban J connectivity index is 1.29. The Labute approximate surface area is 389 Å². The number of para-hydroxylation sites is 3. The molecule has 0 spiro atoms. The zero-order valence-corrected chi connectivity index (χ0v) is 38.7. The summed E-state index contributed by atoms with van der Waals surface area (Å²) in [4.78, 5) is 2.52. The molecule has 2 heteroatoms. The molecule has 0 unspecified atom stereocenters. The SMILES string of the molecule is CC(C)(C)c1cc(-c2c3cc(-c4ccccc4)ccc3c(N(c3ccccc3)c3ccc4c(c3)c3ccccc3n4-c3ccccc3)c3cc(-c4ccccc4)ccc23)cc(C(C)(C)C)c1. The Kier molecular flexibility index (Phi) is 10.0. The highest BCUT2D eigenvalue weighted by molar-refractivity contribution is 6.24. The van der Waals surface area contributed by atoms with E-state index in [9.17, 15) is 0 Å². The van der Waals surface area contributed by atoms with E-state index < -0.39 is 0 Å². The molecular weight excluding hydrogens is 797 g/mol. The lowest BCUT2D eigenvalue weighted by Gasteiger charge is -2.31. The van der Waals surface area contributed by atoms with Gasteiger partial charge >= 0.3 is 0 Å². The van der Waals surface area contributed by atoms with E-state index in [1.165, 1.54) is 87.9 Å². The minimum absolute atomic E-state index is 0.0520. The molecule has 0 fully saturated rings. The van der Waals surface area contributed by atoms with Gasteiger partial charge in [-0.25, -0.2) is 0 Å². The Morgan fingerprint density at radius 3 is 1.44 bits per heavy atom. The molecule has 0 bridgehead atoms. The van der Waals surface area contributed by atoms with Gasteiger partial charge in [0.05, 0.1) is 16.7 Å². The van der Waals surface area contributed by atoms with Gasteiger partial charge in [0.25, 0.3) is 0 Å². The van der Waals surface area contributed by atoms with Crippen molar-refractivity contribution >= 4 is 60.4 Å². The largest absolute Gasteiger partial charge is 0.309 e. The van der Waals surface area contributed by atoms with E-state index in [-0.39, 0.29) is 10.8 Å². The van der Waals surface area contributed by atoms with E-state index >= 15 is 0 Å². The molecule has 320 valence electrons. The summed E-state index contributed by atoms with van der Waals surface area (Å²) in [5.74, 6) is 0. The van der Waals surface area contributed by atoms with Crippen molar-refractivity contribution in [2.45, 2.75) is 52.4 Å². The second-order valence-electron chi connectivity index (χ2n) is 19.8. The number of hydrogen-bond donors (Lipinski definition) is 0. The fourth-order valence-corrected chi connectivity index (χ4v) is 9.96. The molecule has 11 rings (SSSR count). The minimum Gasteiger partial charge on any atom is -0.309 e. The molecule has 2 nitrogen and oxygen atoms in total. The molecule has 11 aromatic rings. The summed E-state index contributed by atoms with van der Waals surface area (Å²) >= 11 is 0. The van der Waals surface area contributed by atoms with Crippen LogP contribution in [0.15, 0.2) is 218 Å². The zero-order valence-electron chi connectivity index (χ0n) is 38.7. The molecule has 0 aliphatic heterocycles. The highest BCUT2D eigenvalue weighted by Gasteiger charge is 2.27. The maximum atomic E-state index is 2.52. The van der Waals surface area contributed by atoms with E-state index in [1.807, 2.05) is 0 Å². The first-order valence-corrected chi connectivity index (χ1v) is 23.3. The van der Waals surface area contributed by atoms with Gasteiger partial charge in [-0.3, -0.25) is 0 Å². The molecule has 10 aromatic carbocycles. The number of nitrogens with zero attached hydrogens (tertiary/aromatic N) is 2. The van der Waals surface area contributed by atoms with Crippen LogP contribution in [0.1, 0.15) is 52.7 Å². The maximum absolute atomic E-state index is 2.52. The first-order chi connectivity index (χ1) is 32.0. The second kappa shape index (κ2) is 16.1. The number of hydrogen-bond acceptors (Lipinski definition) is 1. The lowest BCUT2D eigenvalue weighted by molar-refractivity contribution is 0.569. The summed E-state index contributed by atoms with van der Waals surface area (Å²) in [6, 6.07) is 80.9. The van der Waals surface area contributed by atoms with Crippen molar-refractivity contribution in [1.82, 2.24) is 4.57 Å². The number of fused-ring (bicyclic) bond motifs is 5. The van der Waals surface area contributed by atoms with Crippen LogP contribution in [0.4, 0.5) is 17.1 Å². The molecule has 0 N–H and O–H groups in total. The fraction of sp³-hybridized carbons (Fsp3) is 0.125. The van der Waals surface area contributed by atoms with Crippen molar-refractivity contribution in [3.8, 4) is 39.1 Å². The van der Waals surface area contributed by atoms with Crippen LogP contribution in [0, 0.1) is 0 Å². The number of rotatable bonds is 7. The normalized spacial score (nSPS) is 12.1. The summed E-state index contributed by atoms with van der Waals surface area (Å²) in [7, 11) is 0. The molecular formula is C64H54N2. The van der Waals surface area contributed by atoms with Crippen molar-refractivity contribution in [3.05, 3.63) is 230 Å². The molecule has 0 saturated carbocycles. The van der Waals surface area contributed by atoms with Gasteiger partial charge < -0.3 is 9.47 Å². The minimum atomic E-state index is -0.0520. The standard InChI is InChI=1S/C64H54N2/c1-63(2,3)48-37-47(38-49(41-48)64(4,5)6)61-54-34-31-46(44-23-13-8-14-24-44)40-58(54)62(55-35-32-45(39-57(55)61)43-21-11-7-12-22-43)65(50-25-15-9-16-26-50)52-33-36-60-56(42-52)53-29-19-20-30-59(53)66(60)51-27-17-10-18-28-51/h7-42H,1-6H3. The van der Waals surface area contributed by atoms with Crippen LogP contribution in [0.5, 0.6) is 0 Å². The first-order valence-electron chi connectivity index (χ1n) is 23.3. The summed E-state index contributed by atoms with van der Waals surface area (Å²) in [5, 5.41) is 7.26. The van der Waals surface area contributed by atoms with E-state index in [4.69, 9.17) is 0 Å². The fourth-order valence-electron chi connectivity index (χ4n) is 9.96. The van der Waals surface area contributed by atoms with Crippen molar-refractivity contribution in [2.75, 3.05) is 4.90 Å². The third-order valence-electron chi connectivity index (χ3n) is 13.4. The van der Waals surface area contributed by atoms with Gasteiger partial charge in [0, 0.05) is 38.6 Å². The van der Waals surface area contributed by atoms with E-state index in [0.717, 1.165) is 22.7 Å². The van der Waals surface area contributed by atoms with Gasteiger partial charge in [0.2, 0.25) is 0 Å². The Morgan fingerprint density at radius 1 is 0.318 bits per heavy atom. The van der Waals surface area contributed by atoms with Crippen molar-refractivity contribution < 1.29 is 0 Å². The number of anilines is 3. The molecule has 1 heterocycles. The third-order valence-corrected chi connectivity index (χ3v) is 13.4. The van der Waals surface area contributed by atoms with Crippen LogP contribution >= 0.6 is 0 Å². The average molecular weight is 851 g/mol. The van der Waals surface area contributed by atoms with E-state index in [2.05, 4.69) is 269 Å². The molecule has 66 heavy (non-hydrogen) atoms. The van der Waals surface area contributed by atoms with Gasteiger partial charge in [-0.05, 0) is 127 Å². The molecule has 0 radical (unpaired) electrons. The quantitative estimate of drug-likeness (QED) is 0.145. The second-order valence-corrected chi connectivity index (χ2v) is 19.8. The summed E-state index contributed by atoms with van der Waals surface area (Å²) in [5.41, 5.74) is 16.7. The van der Waals surface area contributed by atoms with Gasteiger partial charge in [-0.1, -0.05) is 199 Å². The van der Waals surface area contributed by atoms with Crippen molar-refractivity contribution in [1.29, 1.82) is 0 Å². The molecule has 0 saturated heterocycles. The first kappa shape index (κ1) is 41.1. The highest BCUT2D eigenvalue weighted by Crippen LogP contribution is 2.51. The monoisotopic (exact) mass is 850 g/mol. The van der Waals surface area contributed by atoms with Crippen LogP contribution < -0.4 is 4.90 Å². The molecule has 0 amide bonds. The number of benzene rings is 10. The Bertz CT molecular complexity index is 3540. The van der Waals surface area contributed by atoms with Crippen LogP contribution in [0.3, 0.4) is 0 Å². The molecule has 0 aliphatic rings. The zero-order chi connectivity index (χ0) is 45.2. The Hall–Kier alpha value is -7.68. The Morgan fingerprint density at radius 2 is 0.833 bits per heavy atom. The van der Waals surface area contributed by atoms with Gasteiger partial charge in [-0.2, -0.15) is 0 Å². The van der Waals surface area contributed by atoms with Crippen molar-refractivity contribution in [2.24, 2.45) is 0 Å². The van der Waals surface area contributed by atoms with E-state index in [0.29, 0.717) is 0 Å². The molecule has 0 atom stereocenters. The van der Waals surface area contributed by atoms with Crippen LogP contribution in [0.25, 0.3) is 82.4 Å². The summed E-state index contributed by atoms with van der Waals surface area (Å²) in [6.45, 7) is 14.0. The lowest BCUT2D eigenvalue weighted by Crippen LogP contribution is -2.16. The predicted octanol–water partition coefficient (Wildman–Crippen LogP) is 18.2. The predicted molar refractivity (Wildman–Crippen MR) is 284 cm³/mol. The number of aromatic nitrogens is 1. The van der Waals surface area contributed by atoms with Gasteiger partial charge in [-0.15, -0.1) is 0 Å². The van der Waals surface area contributed by atoms with Gasteiger partial charge in [0.15, 0.2) is 0 Å². The van der Waals surface area contributed by atoms with E-state index in [1.54, 1.807) is 0 Å². The highest BCUT2D eigenvalue weighted by atomic mass is 15.1. The molecule has 1 aromatic heterocycles. The average Bonchev–Trinajstić information content (AvgIpc) is 3.68. The smallest absolute Gasteiger partial charge is 0.0619 e. The topological polar surface area (TPSA) is 8.17 Å².